The molecule has 7 nitrogen and oxygen atoms in total. The summed E-state index contributed by atoms with van der Waals surface area (Å²) < 4.78 is 49.0. The average Bonchev–Trinajstić information content (AvgIpc) is 3.21. The van der Waals surface area contributed by atoms with Crippen LogP contribution in [0.5, 0.6) is 0 Å². The van der Waals surface area contributed by atoms with Crippen LogP contribution in [0.25, 0.3) is 10.2 Å². The highest BCUT2D eigenvalue weighted by Crippen LogP contribution is 2.21. The number of nitrogens with zero attached hydrogens (tertiary/aromatic N) is 3. The Morgan fingerprint density at radius 3 is 2.46 bits per heavy atom. The Balaban J connectivity index is 1.61. The zero-order valence-electron chi connectivity index (χ0n) is 19.2. The van der Waals surface area contributed by atoms with Crippen LogP contribution >= 0.6 is 11.3 Å². The van der Waals surface area contributed by atoms with E-state index in [0.717, 1.165) is 5.56 Å². The average molecular weight is 514 g/mol. The number of sulfonamides is 1. The lowest BCUT2D eigenvalue weighted by molar-refractivity contribution is 0.0997. The molecule has 0 atom stereocenters. The van der Waals surface area contributed by atoms with Crippen LogP contribution in [0.2, 0.25) is 0 Å². The van der Waals surface area contributed by atoms with E-state index in [2.05, 4.69) is 4.99 Å². The number of ether oxygens (including phenoxy) is 1. The molecule has 1 amide bonds. The van der Waals surface area contributed by atoms with Crippen molar-refractivity contribution in [3.63, 3.8) is 0 Å². The van der Waals surface area contributed by atoms with Gasteiger partial charge < -0.3 is 9.30 Å². The number of carbonyl (C=O) groups excluding carboxylic acids is 1. The van der Waals surface area contributed by atoms with Gasteiger partial charge in [0.25, 0.3) is 5.91 Å². The van der Waals surface area contributed by atoms with Crippen molar-refractivity contribution in [2.45, 2.75) is 18.0 Å². The minimum absolute atomic E-state index is 0.0755. The van der Waals surface area contributed by atoms with Crippen molar-refractivity contribution in [1.82, 2.24) is 8.87 Å². The predicted octanol–water partition coefficient (Wildman–Crippen LogP) is 4.05. The maximum absolute atomic E-state index is 14.5. The predicted molar refractivity (Wildman–Crippen MR) is 133 cm³/mol. The van der Waals surface area contributed by atoms with E-state index >= 15 is 0 Å². The van der Waals surface area contributed by atoms with E-state index in [1.807, 2.05) is 30.3 Å². The van der Waals surface area contributed by atoms with E-state index in [4.69, 9.17) is 4.74 Å². The molecule has 4 aromatic rings. The molecule has 1 aromatic heterocycles. The fourth-order valence-electron chi connectivity index (χ4n) is 3.59. The third kappa shape index (κ3) is 5.40. The van der Waals surface area contributed by atoms with Crippen molar-refractivity contribution in [3.05, 3.63) is 94.5 Å². The quantitative estimate of drug-likeness (QED) is 0.356. The molecule has 0 bridgehead atoms. The van der Waals surface area contributed by atoms with Crippen molar-refractivity contribution < 1.29 is 22.3 Å². The molecule has 0 aliphatic carbocycles. The summed E-state index contributed by atoms with van der Waals surface area (Å²) in [6, 6.07) is 19.7. The Hall–Kier alpha value is -3.18. The van der Waals surface area contributed by atoms with Crippen molar-refractivity contribution >= 4 is 37.5 Å². The van der Waals surface area contributed by atoms with Crippen LogP contribution < -0.4 is 4.80 Å². The number of hydrogen-bond donors (Lipinski definition) is 0. The van der Waals surface area contributed by atoms with Gasteiger partial charge in [0, 0.05) is 32.8 Å². The molecule has 0 aliphatic heterocycles. The van der Waals surface area contributed by atoms with Gasteiger partial charge in [-0.3, -0.25) is 4.79 Å². The van der Waals surface area contributed by atoms with Gasteiger partial charge in [-0.25, -0.2) is 12.8 Å². The lowest BCUT2D eigenvalue weighted by Gasteiger charge is -2.17. The van der Waals surface area contributed by atoms with Gasteiger partial charge in [-0.1, -0.05) is 47.7 Å². The molecule has 0 fully saturated rings. The van der Waals surface area contributed by atoms with Crippen molar-refractivity contribution in [3.8, 4) is 0 Å². The molecule has 0 aliphatic rings. The van der Waals surface area contributed by atoms with E-state index in [9.17, 15) is 17.6 Å². The van der Waals surface area contributed by atoms with Crippen LogP contribution in [-0.4, -0.2) is 44.0 Å². The second kappa shape index (κ2) is 10.6. The van der Waals surface area contributed by atoms with Gasteiger partial charge in [0.15, 0.2) is 4.80 Å². The number of aromatic nitrogens is 1. The fourth-order valence-corrected chi connectivity index (χ4v) is 5.82. The molecule has 182 valence electrons. The normalized spacial score (nSPS) is 12.5. The smallest absolute Gasteiger partial charge is 0.279 e. The Morgan fingerprint density at radius 1 is 1.06 bits per heavy atom. The first-order valence-corrected chi connectivity index (χ1v) is 13.0. The zero-order chi connectivity index (χ0) is 25.0. The topological polar surface area (TPSA) is 81.0 Å². The number of fused-ring (bicyclic) bond motifs is 1. The van der Waals surface area contributed by atoms with Crippen LogP contribution in [-0.2, 0) is 27.8 Å². The van der Waals surface area contributed by atoms with Crippen LogP contribution in [0.1, 0.15) is 15.9 Å². The molecule has 10 heteroatoms. The first-order valence-electron chi connectivity index (χ1n) is 10.8. The minimum Gasteiger partial charge on any atom is -0.383 e. The lowest BCUT2D eigenvalue weighted by atomic mass is 10.2. The maximum Gasteiger partial charge on any atom is 0.279 e. The molecule has 0 radical (unpaired) electrons. The van der Waals surface area contributed by atoms with Crippen LogP contribution in [0, 0.1) is 5.82 Å². The van der Waals surface area contributed by atoms with Crippen LogP contribution in [0.4, 0.5) is 4.39 Å². The maximum atomic E-state index is 14.5. The molecular formula is C25H24FN3O4S2. The summed E-state index contributed by atoms with van der Waals surface area (Å²) in [5, 5.41) is 0. The van der Waals surface area contributed by atoms with Gasteiger partial charge in [0.1, 0.15) is 5.82 Å². The molecule has 35 heavy (non-hydrogen) atoms. The molecule has 1 heterocycles. The molecule has 3 aromatic carbocycles. The Kier molecular flexibility index (Phi) is 7.56. The fraction of sp³-hybridized carbons (Fsp3) is 0.200. The van der Waals surface area contributed by atoms with Gasteiger partial charge in [-0.2, -0.15) is 9.30 Å². The highest BCUT2D eigenvalue weighted by molar-refractivity contribution is 7.89. The van der Waals surface area contributed by atoms with E-state index in [-0.39, 0.29) is 17.0 Å². The Bertz CT molecular complexity index is 1510. The summed E-state index contributed by atoms with van der Waals surface area (Å²) >= 11 is 1.20. The zero-order valence-corrected chi connectivity index (χ0v) is 20.9. The number of para-hydroxylation sites is 1. The minimum atomic E-state index is -3.74. The van der Waals surface area contributed by atoms with Gasteiger partial charge in [0.05, 0.1) is 21.7 Å². The van der Waals surface area contributed by atoms with E-state index in [1.165, 1.54) is 53.0 Å². The third-order valence-corrected chi connectivity index (χ3v) is 8.29. The van der Waals surface area contributed by atoms with Crippen molar-refractivity contribution in [2.75, 3.05) is 20.8 Å². The van der Waals surface area contributed by atoms with E-state index in [0.29, 0.717) is 28.2 Å². The van der Waals surface area contributed by atoms with Gasteiger partial charge in [0.2, 0.25) is 10.0 Å². The molecule has 0 spiro atoms. The number of hydrogen-bond acceptors (Lipinski definition) is 5. The summed E-state index contributed by atoms with van der Waals surface area (Å²) in [6.07, 6.45) is 0. The highest BCUT2D eigenvalue weighted by Gasteiger charge is 2.21. The number of rotatable bonds is 8. The summed E-state index contributed by atoms with van der Waals surface area (Å²) in [6.45, 7) is 0.877. The summed E-state index contributed by atoms with van der Waals surface area (Å²) in [4.78, 5) is 17.5. The molecular weight excluding hydrogens is 489 g/mol. The van der Waals surface area contributed by atoms with Gasteiger partial charge >= 0.3 is 0 Å². The number of thiazole rings is 1. The standard InChI is InChI=1S/C25H24FN3O4S2/c1-28(17-18-7-4-3-5-8-18)35(31,32)20-13-11-19(12-14-20)24(30)27-25-29(15-16-33-2)23-21(26)9-6-10-22(23)34-25/h3-14H,15-17H2,1-2H3. The number of methoxy groups -OCH3 is 1. The largest absolute Gasteiger partial charge is 0.383 e. The second-order valence-corrected chi connectivity index (χ2v) is 10.9. The highest BCUT2D eigenvalue weighted by atomic mass is 32.2. The summed E-state index contributed by atoms with van der Waals surface area (Å²) in [5.41, 5.74) is 1.46. The van der Waals surface area contributed by atoms with Gasteiger partial charge in [-0.15, -0.1) is 0 Å². The second-order valence-electron chi connectivity index (χ2n) is 7.80. The molecule has 4 rings (SSSR count). The SMILES string of the molecule is COCCn1c(=NC(=O)c2ccc(S(=O)(=O)N(C)Cc3ccccc3)cc2)sc2cccc(F)c21. The van der Waals surface area contributed by atoms with Crippen molar-refractivity contribution in [2.24, 2.45) is 4.99 Å². The monoisotopic (exact) mass is 513 g/mol. The van der Waals surface area contributed by atoms with E-state index in [1.54, 1.807) is 23.8 Å². The molecule has 0 saturated heterocycles. The van der Waals surface area contributed by atoms with Gasteiger partial charge in [-0.05, 0) is 42.0 Å². The van der Waals surface area contributed by atoms with Crippen LogP contribution in [0.3, 0.4) is 0 Å². The summed E-state index contributed by atoms with van der Waals surface area (Å²) in [5.74, 6) is -0.956. The molecule has 0 unspecified atom stereocenters. The van der Waals surface area contributed by atoms with E-state index < -0.39 is 21.7 Å². The number of halogens is 1. The molecule has 0 N–H and O–H groups in total. The first kappa shape index (κ1) is 24.9. The number of amides is 1. The van der Waals surface area contributed by atoms with Crippen molar-refractivity contribution in [1.29, 1.82) is 0 Å². The Labute approximate surface area is 206 Å². The number of benzene rings is 3. The Morgan fingerprint density at radius 2 is 1.77 bits per heavy atom. The lowest BCUT2D eigenvalue weighted by Crippen LogP contribution is -2.26. The molecule has 0 saturated carbocycles. The van der Waals surface area contributed by atoms with Crippen LogP contribution in [0.15, 0.2) is 82.7 Å². The summed E-state index contributed by atoms with van der Waals surface area (Å²) in [7, 11) is -0.692. The number of carbonyl (C=O) groups is 1. The third-order valence-electron chi connectivity index (χ3n) is 5.43. The first-order chi connectivity index (χ1) is 16.8.